The lowest BCUT2D eigenvalue weighted by atomic mass is 9.87. The number of carbonyl (C=O) groups excluding carboxylic acids is 1. The molecule has 1 fully saturated rings. The Morgan fingerprint density at radius 2 is 1.88 bits per heavy atom. The molecule has 0 aromatic heterocycles. The third kappa shape index (κ3) is 7.58. The predicted octanol–water partition coefficient (Wildman–Crippen LogP) is 3.96. The van der Waals surface area contributed by atoms with Crippen LogP contribution in [-0.2, 0) is 11.3 Å². The van der Waals surface area contributed by atoms with Crippen LogP contribution in [0.15, 0.2) is 30.3 Å². The normalized spacial score (nSPS) is 19.5. The van der Waals surface area contributed by atoms with E-state index in [2.05, 4.69) is 16.9 Å². The molecule has 1 saturated carbocycles. The topological polar surface area (TPSA) is 50.4 Å². The molecule has 0 unspecified atom stereocenters. The molecule has 0 aliphatic heterocycles. The van der Waals surface area contributed by atoms with Crippen LogP contribution >= 0.6 is 11.8 Å². The Kier molecular flexibility index (Phi) is 9.06. The van der Waals surface area contributed by atoms with E-state index in [1.165, 1.54) is 31.4 Å². The summed E-state index contributed by atoms with van der Waals surface area (Å²) in [5.41, 5.74) is 1.01. The number of amides is 1. The van der Waals surface area contributed by atoms with Crippen LogP contribution in [-0.4, -0.2) is 36.7 Å². The molecule has 1 aromatic rings. The highest BCUT2D eigenvalue weighted by molar-refractivity contribution is 7.98. The maximum atomic E-state index is 11.8. The molecule has 2 N–H and O–H groups in total. The van der Waals surface area contributed by atoms with Crippen LogP contribution in [0.2, 0.25) is 0 Å². The largest absolute Gasteiger partial charge is 0.445 e. The lowest BCUT2D eigenvalue weighted by Crippen LogP contribution is -2.52. The number of hydrogen-bond donors (Lipinski definition) is 2. The van der Waals surface area contributed by atoms with Crippen LogP contribution < -0.4 is 10.6 Å². The molecule has 0 radical (unpaired) electrons. The summed E-state index contributed by atoms with van der Waals surface area (Å²) in [6, 6.07) is 10.6. The summed E-state index contributed by atoms with van der Waals surface area (Å²) < 4.78 is 5.24. The van der Waals surface area contributed by atoms with Gasteiger partial charge in [-0.3, -0.25) is 0 Å². The van der Waals surface area contributed by atoms with E-state index in [0.29, 0.717) is 12.6 Å². The summed E-state index contributed by atoms with van der Waals surface area (Å²) in [5, 5.41) is 6.51. The van der Waals surface area contributed by atoms with Crippen LogP contribution in [0.3, 0.4) is 0 Å². The van der Waals surface area contributed by atoms with Gasteiger partial charge in [-0.1, -0.05) is 43.2 Å². The van der Waals surface area contributed by atoms with Gasteiger partial charge in [0.2, 0.25) is 0 Å². The van der Waals surface area contributed by atoms with E-state index in [0.717, 1.165) is 24.9 Å². The fourth-order valence-electron chi connectivity index (χ4n) is 2.86. The highest BCUT2D eigenvalue weighted by Crippen LogP contribution is 2.20. The average Bonchev–Trinajstić information content (AvgIpc) is 2.57. The third-order valence-corrected chi connectivity index (χ3v) is 5.08. The van der Waals surface area contributed by atoms with Gasteiger partial charge in [0.1, 0.15) is 6.61 Å². The van der Waals surface area contributed by atoms with Gasteiger partial charge in [0.25, 0.3) is 0 Å². The second-order valence-electron chi connectivity index (χ2n) is 6.43. The van der Waals surface area contributed by atoms with Crippen molar-refractivity contribution in [2.24, 2.45) is 0 Å². The average molecular weight is 351 g/mol. The number of benzene rings is 1. The van der Waals surface area contributed by atoms with Gasteiger partial charge in [-0.05, 0) is 49.8 Å². The maximum Gasteiger partial charge on any atom is 0.407 e. The Morgan fingerprint density at radius 1 is 1.12 bits per heavy atom. The van der Waals surface area contributed by atoms with Gasteiger partial charge in [0, 0.05) is 12.1 Å². The number of hydrogen-bond acceptors (Lipinski definition) is 4. The third-order valence-electron chi connectivity index (χ3n) is 4.38. The van der Waals surface area contributed by atoms with E-state index in [1.807, 2.05) is 42.1 Å². The molecule has 5 heteroatoms. The van der Waals surface area contributed by atoms with Gasteiger partial charge < -0.3 is 15.4 Å². The first kappa shape index (κ1) is 19.1. The summed E-state index contributed by atoms with van der Waals surface area (Å²) >= 11 is 1.93. The summed E-state index contributed by atoms with van der Waals surface area (Å²) in [7, 11) is 0. The molecule has 1 aliphatic carbocycles. The number of carbonyl (C=O) groups is 1. The second kappa shape index (κ2) is 11.4. The molecule has 0 spiro atoms. The van der Waals surface area contributed by atoms with E-state index in [4.69, 9.17) is 4.74 Å². The molecule has 0 bridgehead atoms. The van der Waals surface area contributed by atoms with Crippen LogP contribution in [0.1, 0.15) is 44.1 Å². The van der Waals surface area contributed by atoms with Crippen LogP contribution in [0.25, 0.3) is 0 Å². The molecule has 4 nitrogen and oxygen atoms in total. The quantitative estimate of drug-likeness (QED) is 0.593. The Morgan fingerprint density at radius 3 is 2.62 bits per heavy atom. The van der Waals surface area contributed by atoms with Crippen molar-refractivity contribution < 1.29 is 9.53 Å². The zero-order valence-corrected chi connectivity index (χ0v) is 15.4. The van der Waals surface area contributed by atoms with Gasteiger partial charge in [-0.25, -0.2) is 4.79 Å². The second-order valence-corrected chi connectivity index (χ2v) is 7.42. The first-order valence-corrected chi connectivity index (χ1v) is 10.4. The van der Waals surface area contributed by atoms with Gasteiger partial charge in [-0.2, -0.15) is 11.8 Å². The smallest absolute Gasteiger partial charge is 0.407 e. The van der Waals surface area contributed by atoms with E-state index in [1.54, 1.807) is 0 Å². The fourth-order valence-corrected chi connectivity index (χ4v) is 3.36. The standard InChI is InChI=1S/C19H30N2O2S/c1-24-12-8-3-2-7-11-20-17-13-18(14-17)21-19(22)23-15-16-9-5-4-6-10-16/h4-6,9-10,17-18,20H,2-3,7-8,11-15H2,1H3,(H,21,22). The maximum absolute atomic E-state index is 11.8. The van der Waals surface area contributed by atoms with Crippen molar-refractivity contribution in [3.63, 3.8) is 0 Å². The number of ether oxygens (including phenoxy) is 1. The van der Waals surface area contributed by atoms with E-state index < -0.39 is 0 Å². The zero-order chi connectivity index (χ0) is 17.0. The van der Waals surface area contributed by atoms with Crippen LogP contribution in [0.4, 0.5) is 4.79 Å². The van der Waals surface area contributed by atoms with Crippen LogP contribution in [0.5, 0.6) is 0 Å². The monoisotopic (exact) mass is 350 g/mol. The Labute approximate surface area is 150 Å². The fraction of sp³-hybridized carbons (Fsp3) is 0.632. The summed E-state index contributed by atoms with van der Waals surface area (Å²) in [6.45, 7) is 1.42. The minimum absolute atomic E-state index is 0.257. The molecule has 1 aliphatic rings. The first-order valence-electron chi connectivity index (χ1n) is 8.97. The Hall–Kier alpha value is -1.20. The van der Waals surface area contributed by atoms with Crippen molar-refractivity contribution in [3.05, 3.63) is 35.9 Å². The number of alkyl carbamates (subject to hydrolysis) is 1. The molecule has 24 heavy (non-hydrogen) atoms. The lowest BCUT2D eigenvalue weighted by Gasteiger charge is -2.36. The predicted molar refractivity (Wildman–Crippen MR) is 101 cm³/mol. The number of unbranched alkanes of at least 4 members (excludes halogenated alkanes) is 3. The molecular formula is C19H30N2O2S. The summed E-state index contributed by atoms with van der Waals surface area (Å²) in [5.74, 6) is 1.28. The highest BCUT2D eigenvalue weighted by Gasteiger charge is 2.29. The minimum Gasteiger partial charge on any atom is -0.445 e. The highest BCUT2D eigenvalue weighted by atomic mass is 32.2. The number of rotatable bonds is 11. The molecule has 0 heterocycles. The Balaban J connectivity index is 1.44. The zero-order valence-electron chi connectivity index (χ0n) is 14.6. The summed E-state index contributed by atoms with van der Waals surface area (Å²) in [6.07, 6.45) is 9.11. The van der Waals surface area contributed by atoms with E-state index in [9.17, 15) is 4.79 Å². The van der Waals surface area contributed by atoms with Gasteiger partial charge >= 0.3 is 6.09 Å². The van der Waals surface area contributed by atoms with Gasteiger partial charge in [0.15, 0.2) is 0 Å². The number of nitrogens with one attached hydrogen (secondary N) is 2. The molecule has 134 valence electrons. The molecular weight excluding hydrogens is 320 g/mol. The Bertz CT molecular complexity index is 464. The van der Waals surface area contributed by atoms with E-state index >= 15 is 0 Å². The summed E-state index contributed by atoms with van der Waals surface area (Å²) in [4.78, 5) is 11.8. The van der Waals surface area contributed by atoms with Crippen molar-refractivity contribution in [2.45, 2.75) is 57.2 Å². The first-order chi connectivity index (χ1) is 11.8. The molecule has 1 aromatic carbocycles. The van der Waals surface area contributed by atoms with E-state index in [-0.39, 0.29) is 12.1 Å². The van der Waals surface area contributed by atoms with Crippen molar-refractivity contribution in [1.29, 1.82) is 0 Å². The van der Waals surface area contributed by atoms with Crippen LogP contribution in [0, 0.1) is 0 Å². The van der Waals surface area contributed by atoms with Gasteiger partial charge in [0.05, 0.1) is 0 Å². The van der Waals surface area contributed by atoms with Crippen molar-refractivity contribution in [2.75, 3.05) is 18.6 Å². The lowest BCUT2D eigenvalue weighted by molar-refractivity contribution is 0.125. The SMILES string of the molecule is CSCCCCCCNC1CC(NC(=O)OCc2ccccc2)C1. The molecule has 1 amide bonds. The van der Waals surface area contributed by atoms with Gasteiger partial charge in [-0.15, -0.1) is 0 Å². The number of thioether (sulfide) groups is 1. The molecule has 0 atom stereocenters. The van der Waals surface area contributed by atoms with Crippen molar-refractivity contribution in [3.8, 4) is 0 Å². The minimum atomic E-state index is -0.309. The molecule has 2 rings (SSSR count). The van der Waals surface area contributed by atoms with Crippen molar-refractivity contribution in [1.82, 2.24) is 10.6 Å². The van der Waals surface area contributed by atoms with Crippen molar-refractivity contribution >= 4 is 17.9 Å². The molecule has 0 saturated heterocycles.